The average Bonchev–Trinajstić information content (AvgIpc) is 2.90. The molecule has 0 fully saturated rings. The van der Waals surface area contributed by atoms with Gasteiger partial charge in [-0.1, -0.05) is 17.7 Å². The first-order chi connectivity index (χ1) is 13.5. The minimum atomic E-state index is -3.79. The Bertz CT molecular complexity index is 996. The van der Waals surface area contributed by atoms with Crippen LogP contribution in [0.25, 0.3) is 0 Å². The Balaban J connectivity index is 1.84. The topological polar surface area (TPSA) is 113 Å². The number of sulfonamides is 1. The largest absolute Gasteiger partial charge is 0.273 e. The molecule has 0 bridgehead atoms. The number of amides is 2. The quantitative estimate of drug-likeness (QED) is 0.641. The lowest BCUT2D eigenvalue weighted by atomic mass is 10.1. The fourth-order valence-electron chi connectivity index (χ4n) is 2.84. The first-order valence-electron chi connectivity index (χ1n) is 9.12. The number of nitrogens with zero attached hydrogens (tertiary/aromatic N) is 3. The van der Waals surface area contributed by atoms with E-state index in [0.29, 0.717) is 6.42 Å². The molecule has 0 atom stereocenters. The van der Waals surface area contributed by atoms with Gasteiger partial charge in [0.25, 0.3) is 5.91 Å². The van der Waals surface area contributed by atoms with Crippen molar-refractivity contribution in [2.24, 2.45) is 7.05 Å². The summed E-state index contributed by atoms with van der Waals surface area (Å²) in [6.45, 7) is 5.25. The van der Waals surface area contributed by atoms with Gasteiger partial charge in [-0.05, 0) is 44.9 Å². The molecule has 0 aliphatic rings. The molecule has 10 heteroatoms. The Morgan fingerprint density at radius 2 is 1.66 bits per heavy atom. The second kappa shape index (κ2) is 9.19. The zero-order chi connectivity index (χ0) is 21.8. The summed E-state index contributed by atoms with van der Waals surface area (Å²) in [4.78, 5) is 24.1. The van der Waals surface area contributed by atoms with Gasteiger partial charge < -0.3 is 0 Å². The number of benzene rings is 1. The maximum Gasteiger partial charge on any atom is 0.253 e. The third kappa shape index (κ3) is 5.64. The third-order valence-corrected chi connectivity index (χ3v) is 6.52. The summed E-state index contributed by atoms with van der Waals surface area (Å²) in [5.74, 6) is -1.00. The fraction of sp³-hybridized carbons (Fsp3) is 0.421. The van der Waals surface area contributed by atoms with Gasteiger partial charge in [0.1, 0.15) is 0 Å². The molecule has 1 heterocycles. The number of aromatic nitrogens is 2. The lowest BCUT2D eigenvalue weighted by Gasteiger charge is -2.17. The minimum Gasteiger partial charge on any atom is -0.273 e. The number of carbonyl (C=O) groups is 2. The molecule has 9 nitrogen and oxygen atoms in total. The van der Waals surface area contributed by atoms with Gasteiger partial charge in [-0.15, -0.1) is 0 Å². The zero-order valence-electron chi connectivity index (χ0n) is 17.3. The van der Waals surface area contributed by atoms with Crippen molar-refractivity contribution in [3.63, 3.8) is 0 Å². The van der Waals surface area contributed by atoms with Gasteiger partial charge in [-0.3, -0.25) is 25.1 Å². The molecule has 0 radical (unpaired) electrons. The van der Waals surface area contributed by atoms with Gasteiger partial charge in [0.2, 0.25) is 15.9 Å². The van der Waals surface area contributed by atoms with Crippen LogP contribution in [-0.2, 0) is 33.1 Å². The minimum absolute atomic E-state index is 0.102. The van der Waals surface area contributed by atoms with Crippen LogP contribution in [0, 0.1) is 20.8 Å². The Hall–Kier alpha value is -2.72. The van der Waals surface area contributed by atoms with E-state index in [2.05, 4.69) is 16.0 Å². The van der Waals surface area contributed by atoms with E-state index in [4.69, 9.17) is 0 Å². The fourth-order valence-corrected chi connectivity index (χ4v) is 3.96. The van der Waals surface area contributed by atoms with Gasteiger partial charge in [-0.25, -0.2) is 8.42 Å². The number of aryl methyl sites for hydroxylation is 3. The molecule has 2 N–H and O–H groups in total. The highest BCUT2D eigenvalue weighted by molar-refractivity contribution is 7.89. The van der Waals surface area contributed by atoms with Crippen molar-refractivity contribution in [1.82, 2.24) is 24.9 Å². The molecule has 158 valence electrons. The number of likely N-dealkylation sites (N-methyl/N-ethyl adjacent to an activating group) is 1. The highest BCUT2D eigenvalue weighted by Crippen LogP contribution is 2.15. The zero-order valence-corrected chi connectivity index (χ0v) is 18.1. The molecule has 0 saturated carbocycles. The lowest BCUT2D eigenvalue weighted by Crippen LogP contribution is -2.46. The van der Waals surface area contributed by atoms with Gasteiger partial charge in [0.05, 0.1) is 17.1 Å². The predicted molar refractivity (Wildman–Crippen MR) is 108 cm³/mol. The Labute approximate surface area is 171 Å². The first-order valence-corrected chi connectivity index (χ1v) is 10.6. The van der Waals surface area contributed by atoms with Crippen LogP contribution in [0.3, 0.4) is 0 Å². The van der Waals surface area contributed by atoms with Crippen molar-refractivity contribution in [2.75, 3.05) is 13.6 Å². The normalized spacial score (nSPS) is 11.5. The van der Waals surface area contributed by atoms with Crippen molar-refractivity contribution in [2.45, 2.75) is 38.5 Å². The number of carbonyl (C=O) groups excluding carboxylic acids is 2. The maximum absolute atomic E-state index is 12.5. The number of nitrogens with one attached hydrogen (secondary N) is 2. The van der Waals surface area contributed by atoms with E-state index in [-0.39, 0.29) is 17.2 Å². The summed E-state index contributed by atoms with van der Waals surface area (Å²) >= 11 is 0. The molecule has 2 aromatic rings. The molecule has 2 rings (SSSR count). The molecule has 1 aromatic carbocycles. The van der Waals surface area contributed by atoms with Crippen LogP contribution in [0.2, 0.25) is 0 Å². The number of hydrazine groups is 1. The lowest BCUT2D eigenvalue weighted by molar-refractivity contribution is -0.128. The van der Waals surface area contributed by atoms with Crippen molar-refractivity contribution in [1.29, 1.82) is 0 Å². The molecular weight excluding hydrogens is 394 g/mol. The van der Waals surface area contributed by atoms with Crippen LogP contribution in [0.5, 0.6) is 0 Å². The second-order valence-electron chi connectivity index (χ2n) is 6.94. The van der Waals surface area contributed by atoms with Gasteiger partial charge in [-0.2, -0.15) is 9.40 Å². The molecule has 29 heavy (non-hydrogen) atoms. The monoisotopic (exact) mass is 421 g/mol. The molecule has 0 aliphatic carbocycles. The van der Waals surface area contributed by atoms with E-state index < -0.39 is 22.5 Å². The molecular formula is C19H27N5O4S. The van der Waals surface area contributed by atoms with Crippen LogP contribution in [0.15, 0.2) is 29.2 Å². The van der Waals surface area contributed by atoms with Crippen LogP contribution in [-0.4, -0.2) is 47.9 Å². The van der Waals surface area contributed by atoms with E-state index in [0.717, 1.165) is 26.8 Å². The molecule has 0 aliphatic heterocycles. The van der Waals surface area contributed by atoms with Crippen molar-refractivity contribution < 1.29 is 18.0 Å². The summed E-state index contributed by atoms with van der Waals surface area (Å²) in [7, 11) is -0.642. The van der Waals surface area contributed by atoms with Crippen molar-refractivity contribution in [3.05, 3.63) is 46.8 Å². The van der Waals surface area contributed by atoms with E-state index in [1.54, 1.807) is 16.8 Å². The molecule has 0 spiro atoms. The van der Waals surface area contributed by atoms with E-state index in [1.165, 1.54) is 19.2 Å². The van der Waals surface area contributed by atoms with Crippen LogP contribution >= 0.6 is 0 Å². The number of hydrogen-bond acceptors (Lipinski definition) is 5. The number of hydrogen-bond donors (Lipinski definition) is 2. The third-order valence-electron chi connectivity index (χ3n) is 4.70. The number of rotatable bonds is 7. The standard InChI is InChI=1S/C19H27N5O4S/c1-13-6-8-16(9-7-13)29(27,28)23(4)12-19(26)21-20-18(25)11-10-17-14(2)22-24(5)15(17)3/h6-9H,10-12H2,1-5H3,(H,20,25)(H,21,26). The maximum atomic E-state index is 12.5. The summed E-state index contributed by atoms with van der Waals surface area (Å²) in [5, 5.41) is 4.30. The SMILES string of the molecule is Cc1ccc(S(=O)(=O)N(C)CC(=O)NNC(=O)CCc2c(C)nn(C)c2C)cc1. The summed E-state index contributed by atoms with van der Waals surface area (Å²) < 4.78 is 27.7. The highest BCUT2D eigenvalue weighted by atomic mass is 32.2. The summed E-state index contributed by atoms with van der Waals surface area (Å²) in [6, 6.07) is 6.35. The smallest absolute Gasteiger partial charge is 0.253 e. The van der Waals surface area contributed by atoms with Crippen LogP contribution in [0.4, 0.5) is 0 Å². The molecule has 0 unspecified atom stereocenters. The van der Waals surface area contributed by atoms with Gasteiger partial charge in [0.15, 0.2) is 0 Å². The average molecular weight is 422 g/mol. The van der Waals surface area contributed by atoms with Gasteiger partial charge >= 0.3 is 0 Å². The van der Waals surface area contributed by atoms with Gasteiger partial charge in [0, 0.05) is 26.2 Å². The summed E-state index contributed by atoms with van der Waals surface area (Å²) in [5.41, 5.74) is 8.35. The van der Waals surface area contributed by atoms with E-state index >= 15 is 0 Å². The Kier molecular flexibility index (Phi) is 7.15. The Morgan fingerprint density at radius 1 is 1.07 bits per heavy atom. The Morgan fingerprint density at radius 3 is 2.21 bits per heavy atom. The molecule has 2 amide bonds. The van der Waals surface area contributed by atoms with Crippen LogP contribution in [0.1, 0.15) is 28.9 Å². The first kappa shape index (κ1) is 22.6. The van der Waals surface area contributed by atoms with Crippen LogP contribution < -0.4 is 10.9 Å². The molecule has 1 aromatic heterocycles. The molecule has 0 saturated heterocycles. The van der Waals surface area contributed by atoms with E-state index in [1.807, 2.05) is 27.8 Å². The van der Waals surface area contributed by atoms with Crippen molar-refractivity contribution in [3.8, 4) is 0 Å². The predicted octanol–water partition coefficient (Wildman–Crippen LogP) is 0.746. The second-order valence-corrected chi connectivity index (χ2v) is 8.99. The summed E-state index contributed by atoms with van der Waals surface area (Å²) in [6.07, 6.45) is 0.667. The van der Waals surface area contributed by atoms with Crippen molar-refractivity contribution >= 4 is 21.8 Å². The highest BCUT2D eigenvalue weighted by Gasteiger charge is 2.23. The van der Waals surface area contributed by atoms with E-state index in [9.17, 15) is 18.0 Å².